The fourth-order valence-electron chi connectivity index (χ4n) is 4.19. The van der Waals surface area contributed by atoms with Crippen LogP contribution in [-0.4, -0.2) is 10.7 Å². The minimum Gasteiger partial charge on any atom is -0.389 e. The lowest BCUT2D eigenvalue weighted by atomic mass is 9.45. The van der Waals surface area contributed by atoms with Gasteiger partial charge in [-0.2, -0.15) is 0 Å². The van der Waals surface area contributed by atoms with Crippen LogP contribution in [0, 0.1) is 29.1 Å². The van der Waals surface area contributed by atoms with Crippen molar-refractivity contribution < 1.29 is 5.11 Å². The molecule has 0 spiro atoms. The highest BCUT2D eigenvalue weighted by Crippen LogP contribution is 2.61. The first-order chi connectivity index (χ1) is 6.78. The van der Waals surface area contributed by atoms with Gasteiger partial charge in [-0.15, -0.1) is 0 Å². The molecule has 4 atom stereocenters. The maximum atomic E-state index is 10.8. The van der Waals surface area contributed by atoms with Crippen LogP contribution in [0.25, 0.3) is 0 Å². The van der Waals surface area contributed by atoms with Gasteiger partial charge in [0.1, 0.15) is 0 Å². The van der Waals surface area contributed by atoms with Crippen LogP contribution in [0.4, 0.5) is 0 Å². The van der Waals surface area contributed by atoms with Gasteiger partial charge in [-0.1, -0.05) is 27.7 Å². The van der Waals surface area contributed by atoms with Crippen LogP contribution in [0.2, 0.25) is 0 Å². The lowest BCUT2D eigenvalue weighted by molar-refractivity contribution is -0.210. The quantitative estimate of drug-likeness (QED) is 0.702. The van der Waals surface area contributed by atoms with Crippen molar-refractivity contribution in [1.29, 1.82) is 0 Å². The van der Waals surface area contributed by atoms with Gasteiger partial charge in [0.15, 0.2) is 0 Å². The van der Waals surface area contributed by atoms with Crippen LogP contribution >= 0.6 is 0 Å². The molecule has 0 amide bonds. The summed E-state index contributed by atoms with van der Waals surface area (Å²) in [6.45, 7) is 11.2. The Morgan fingerprint density at radius 2 is 1.73 bits per heavy atom. The highest BCUT2D eigenvalue weighted by atomic mass is 16.3. The number of aliphatic hydroxyl groups is 1. The predicted molar refractivity (Wildman–Crippen MR) is 63.6 cm³/mol. The van der Waals surface area contributed by atoms with Crippen LogP contribution in [0.15, 0.2) is 0 Å². The lowest BCUT2D eigenvalue weighted by Crippen LogP contribution is -2.62. The molecular formula is C14H26O. The summed E-state index contributed by atoms with van der Waals surface area (Å²) in [5, 5.41) is 10.8. The largest absolute Gasteiger partial charge is 0.389 e. The van der Waals surface area contributed by atoms with Gasteiger partial charge in [0.2, 0.25) is 0 Å². The molecule has 88 valence electrons. The molecule has 0 radical (unpaired) electrons. The third kappa shape index (κ3) is 1.39. The number of rotatable bonds is 1. The van der Waals surface area contributed by atoms with E-state index in [0.717, 1.165) is 17.8 Å². The van der Waals surface area contributed by atoms with Crippen LogP contribution in [0.5, 0.6) is 0 Å². The van der Waals surface area contributed by atoms with Crippen molar-refractivity contribution in [2.45, 2.75) is 59.5 Å². The van der Waals surface area contributed by atoms with E-state index in [1.165, 1.54) is 19.3 Å². The van der Waals surface area contributed by atoms with Gasteiger partial charge >= 0.3 is 0 Å². The summed E-state index contributed by atoms with van der Waals surface area (Å²) >= 11 is 0. The Morgan fingerprint density at radius 3 is 2.20 bits per heavy atom. The van der Waals surface area contributed by atoms with Gasteiger partial charge in [0.25, 0.3) is 0 Å². The Labute approximate surface area is 94.3 Å². The Hall–Kier alpha value is -0.0400. The van der Waals surface area contributed by atoms with Gasteiger partial charge in [0, 0.05) is 0 Å². The highest BCUT2D eigenvalue weighted by molar-refractivity contribution is 5.09. The molecule has 3 aliphatic rings. The summed E-state index contributed by atoms with van der Waals surface area (Å²) in [6, 6.07) is 0. The molecule has 4 unspecified atom stereocenters. The van der Waals surface area contributed by atoms with Crippen LogP contribution in [-0.2, 0) is 0 Å². The second-order valence-corrected chi connectivity index (χ2v) is 6.89. The zero-order valence-corrected chi connectivity index (χ0v) is 10.9. The molecule has 2 bridgehead atoms. The average molecular weight is 210 g/mol. The molecular weight excluding hydrogens is 184 g/mol. The number of hydrogen-bond acceptors (Lipinski definition) is 1. The maximum absolute atomic E-state index is 10.8. The molecule has 3 saturated carbocycles. The SMILES string of the molecule is CC(C)C1CC2CCC1C(C)(O)C2(C)C. The van der Waals surface area contributed by atoms with Gasteiger partial charge in [-0.25, -0.2) is 0 Å². The van der Waals surface area contributed by atoms with E-state index < -0.39 is 5.60 Å². The maximum Gasteiger partial charge on any atom is 0.0703 e. The van der Waals surface area contributed by atoms with Crippen molar-refractivity contribution >= 4 is 0 Å². The molecule has 3 rings (SSSR count). The summed E-state index contributed by atoms with van der Waals surface area (Å²) in [7, 11) is 0. The molecule has 0 heterocycles. The molecule has 0 aromatic rings. The van der Waals surface area contributed by atoms with E-state index in [1.54, 1.807) is 0 Å². The van der Waals surface area contributed by atoms with Gasteiger partial charge in [-0.05, 0) is 55.3 Å². The third-order valence-corrected chi connectivity index (χ3v) is 5.80. The van der Waals surface area contributed by atoms with Crippen molar-refractivity contribution in [2.24, 2.45) is 29.1 Å². The first kappa shape index (κ1) is 11.4. The second-order valence-electron chi connectivity index (χ2n) is 6.89. The number of fused-ring (bicyclic) bond motifs is 3. The Balaban J connectivity index is 2.33. The zero-order chi connectivity index (χ0) is 11.4. The van der Waals surface area contributed by atoms with Crippen molar-refractivity contribution in [3.05, 3.63) is 0 Å². The molecule has 3 fully saturated rings. The van der Waals surface area contributed by atoms with E-state index in [4.69, 9.17) is 0 Å². The molecule has 0 aromatic heterocycles. The molecule has 0 aliphatic heterocycles. The molecule has 15 heavy (non-hydrogen) atoms. The number of hydrogen-bond donors (Lipinski definition) is 1. The minimum absolute atomic E-state index is 0.112. The summed E-state index contributed by atoms with van der Waals surface area (Å²) < 4.78 is 0. The summed E-state index contributed by atoms with van der Waals surface area (Å²) in [5.74, 6) is 2.72. The standard InChI is InChI=1S/C14H26O/c1-9(2)11-8-10-6-7-12(11)14(5,15)13(10,3)4/h9-12,15H,6-8H2,1-5H3. The Kier molecular flexibility index (Phi) is 2.46. The van der Waals surface area contributed by atoms with E-state index in [-0.39, 0.29) is 5.41 Å². The van der Waals surface area contributed by atoms with E-state index in [2.05, 4.69) is 34.6 Å². The van der Waals surface area contributed by atoms with Crippen molar-refractivity contribution in [3.63, 3.8) is 0 Å². The Bertz CT molecular complexity index is 252. The predicted octanol–water partition coefficient (Wildman–Crippen LogP) is 3.47. The molecule has 1 heteroatoms. The molecule has 1 N–H and O–H groups in total. The van der Waals surface area contributed by atoms with Gasteiger partial charge in [-0.3, -0.25) is 0 Å². The van der Waals surface area contributed by atoms with Crippen LogP contribution < -0.4 is 0 Å². The summed E-state index contributed by atoms with van der Waals surface area (Å²) in [6.07, 6.45) is 3.91. The smallest absolute Gasteiger partial charge is 0.0703 e. The first-order valence-electron chi connectivity index (χ1n) is 6.51. The van der Waals surface area contributed by atoms with Crippen molar-refractivity contribution in [3.8, 4) is 0 Å². The third-order valence-electron chi connectivity index (χ3n) is 5.80. The average Bonchev–Trinajstić information content (AvgIpc) is 2.14. The van der Waals surface area contributed by atoms with Crippen LogP contribution in [0.3, 0.4) is 0 Å². The molecule has 0 aromatic carbocycles. The van der Waals surface area contributed by atoms with E-state index in [0.29, 0.717) is 5.92 Å². The summed E-state index contributed by atoms with van der Waals surface area (Å²) in [5.41, 5.74) is -0.343. The fraction of sp³-hybridized carbons (Fsp3) is 1.00. The van der Waals surface area contributed by atoms with Crippen molar-refractivity contribution in [1.82, 2.24) is 0 Å². The molecule has 0 saturated heterocycles. The highest BCUT2D eigenvalue weighted by Gasteiger charge is 2.59. The fourth-order valence-corrected chi connectivity index (χ4v) is 4.19. The van der Waals surface area contributed by atoms with E-state index >= 15 is 0 Å². The Morgan fingerprint density at radius 1 is 1.13 bits per heavy atom. The minimum atomic E-state index is -0.455. The second kappa shape index (κ2) is 3.23. The lowest BCUT2D eigenvalue weighted by Gasteiger charge is -2.62. The van der Waals surface area contributed by atoms with Crippen molar-refractivity contribution in [2.75, 3.05) is 0 Å². The zero-order valence-electron chi connectivity index (χ0n) is 10.9. The normalized spacial score (nSPS) is 48.6. The topological polar surface area (TPSA) is 20.2 Å². The monoisotopic (exact) mass is 210 g/mol. The van der Waals surface area contributed by atoms with Gasteiger partial charge in [0.05, 0.1) is 5.60 Å². The molecule has 1 nitrogen and oxygen atoms in total. The van der Waals surface area contributed by atoms with E-state index in [9.17, 15) is 5.11 Å². The van der Waals surface area contributed by atoms with Gasteiger partial charge < -0.3 is 5.11 Å². The van der Waals surface area contributed by atoms with E-state index in [1.807, 2.05) is 0 Å². The first-order valence-corrected chi connectivity index (χ1v) is 6.51. The van der Waals surface area contributed by atoms with Crippen LogP contribution in [0.1, 0.15) is 53.9 Å². The summed E-state index contributed by atoms with van der Waals surface area (Å²) in [4.78, 5) is 0. The molecule has 3 aliphatic carbocycles.